The van der Waals surface area contributed by atoms with Crippen LogP contribution in [0.5, 0.6) is 0 Å². The topological polar surface area (TPSA) is 16.1 Å². The molecule has 11 heavy (non-hydrogen) atoms. The second kappa shape index (κ2) is 2.49. The summed E-state index contributed by atoms with van der Waals surface area (Å²) in [5.41, 5.74) is 1.06. The molecule has 1 fully saturated rings. The third-order valence-corrected chi connectivity index (χ3v) is 1.86. The summed E-state index contributed by atoms with van der Waals surface area (Å²) < 4.78 is 12.4. The maximum absolute atomic E-state index is 12.4. The molecule has 0 atom stereocenters. The van der Waals surface area contributed by atoms with E-state index < -0.39 is 6.17 Å². The van der Waals surface area contributed by atoms with Gasteiger partial charge in [-0.05, 0) is 12.1 Å². The Bertz CT molecular complexity index is 231. The highest BCUT2D eigenvalue weighted by molar-refractivity contribution is 5.47. The van der Waals surface area contributed by atoms with E-state index in [-0.39, 0.29) is 0 Å². The number of rotatable bonds is 1. The summed E-state index contributed by atoms with van der Waals surface area (Å²) in [6.07, 6.45) is 2.81. The van der Waals surface area contributed by atoms with E-state index in [1.165, 1.54) is 0 Å². The van der Waals surface area contributed by atoms with Crippen molar-refractivity contribution >= 4 is 5.69 Å². The van der Waals surface area contributed by atoms with Crippen molar-refractivity contribution in [1.82, 2.24) is 4.98 Å². The van der Waals surface area contributed by atoms with Crippen LogP contribution in [0.1, 0.15) is 0 Å². The minimum atomic E-state index is -0.636. The van der Waals surface area contributed by atoms with Crippen LogP contribution in [0.25, 0.3) is 0 Å². The second-order valence-corrected chi connectivity index (χ2v) is 2.71. The zero-order valence-electron chi connectivity index (χ0n) is 6.07. The highest BCUT2D eigenvalue weighted by Crippen LogP contribution is 2.20. The fourth-order valence-corrected chi connectivity index (χ4v) is 1.19. The minimum absolute atomic E-state index is 0.532. The lowest BCUT2D eigenvalue weighted by molar-refractivity contribution is 0.275. The Labute approximate surface area is 64.7 Å². The fraction of sp³-hybridized carbons (Fsp3) is 0.375. The Balaban J connectivity index is 2.08. The van der Waals surface area contributed by atoms with E-state index >= 15 is 0 Å². The normalized spacial score (nSPS) is 18.1. The SMILES string of the molecule is FC1CN(c2ccncc2)C1. The molecule has 0 aliphatic carbocycles. The van der Waals surface area contributed by atoms with Crippen molar-refractivity contribution in [3.8, 4) is 0 Å². The maximum atomic E-state index is 12.4. The summed E-state index contributed by atoms with van der Waals surface area (Å²) in [6.45, 7) is 1.06. The van der Waals surface area contributed by atoms with Gasteiger partial charge in [0.1, 0.15) is 6.17 Å². The van der Waals surface area contributed by atoms with Crippen molar-refractivity contribution < 1.29 is 4.39 Å². The number of hydrogen-bond acceptors (Lipinski definition) is 2. The van der Waals surface area contributed by atoms with Crippen molar-refractivity contribution in [3.63, 3.8) is 0 Å². The Morgan fingerprint density at radius 1 is 1.36 bits per heavy atom. The highest BCUT2D eigenvalue weighted by atomic mass is 19.1. The van der Waals surface area contributed by atoms with Crippen molar-refractivity contribution in [3.05, 3.63) is 24.5 Å². The van der Waals surface area contributed by atoms with Gasteiger partial charge in [0.25, 0.3) is 0 Å². The van der Waals surface area contributed by atoms with Crippen LogP contribution in [0.3, 0.4) is 0 Å². The Kier molecular flexibility index (Phi) is 1.49. The number of aromatic nitrogens is 1. The molecule has 0 bridgehead atoms. The molecule has 0 aromatic carbocycles. The lowest BCUT2D eigenvalue weighted by atomic mass is 10.1. The van der Waals surface area contributed by atoms with Crippen LogP contribution in [-0.4, -0.2) is 24.2 Å². The Morgan fingerprint density at radius 3 is 2.55 bits per heavy atom. The van der Waals surface area contributed by atoms with Crippen molar-refractivity contribution in [1.29, 1.82) is 0 Å². The first-order valence-corrected chi connectivity index (χ1v) is 3.65. The van der Waals surface area contributed by atoms with Gasteiger partial charge in [0, 0.05) is 18.1 Å². The molecule has 0 spiro atoms. The van der Waals surface area contributed by atoms with Crippen molar-refractivity contribution in [2.75, 3.05) is 18.0 Å². The smallest absolute Gasteiger partial charge is 0.135 e. The van der Waals surface area contributed by atoms with Gasteiger partial charge in [-0.2, -0.15) is 0 Å². The van der Waals surface area contributed by atoms with Crippen LogP contribution < -0.4 is 4.90 Å². The van der Waals surface area contributed by atoms with Gasteiger partial charge in [-0.15, -0.1) is 0 Å². The molecular formula is C8H9FN2. The average Bonchev–Trinajstić information content (AvgIpc) is 2.01. The first-order valence-electron chi connectivity index (χ1n) is 3.65. The summed E-state index contributed by atoms with van der Waals surface area (Å²) in [5, 5.41) is 0. The van der Waals surface area contributed by atoms with Crippen LogP contribution in [0.4, 0.5) is 10.1 Å². The third-order valence-electron chi connectivity index (χ3n) is 1.86. The van der Waals surface area contributed by atoms with Crippen LogP contribution in [-0.2, 0) is 0 Å². The van der Waals surface area contributed by atoms with Gasteiger partial charge in [-0.3, -0.25) is 4.98 Å². The number of pyridine rings is 1. The van der Waals surface area contributed by atoms with Crippen LogP contribution in [0.15, 0.2) is 24.5 Å². The molecule has 2 rings (SSSR count). The molecule has 1 aromatic rings. The zero-order valence-corrected chi connectivity index (χ0v) is 6.07. The molecule has 1 aliphatic rings. The molecule has 2 nitrogen and oxygen atoms in total. The van der Waals surface area contributed by atoms with Crippen molar-refractivity contribution in [2.45, 2.75) is 6.17 Å². The molecule has 58 valence electrons. The van der Waals surface area contributed by atoms with Gasteiger partial charge in [0.15, 0.2) is 0 Å². The maximum Gasteiger partial charge on any atom is 0.135 e. The molecule has 0 N–H and O–H groups in total. The highest BCUT2D eigenvalue weighted by Gasteiger charge is 2.25. The molecule has 1 saturated heterocycles. The standard InChI is InChI=1S/C8H9FN2/c9-7-5-11(6-7)8-1-3-10-4-2-8/h1-4,7H,5-6H2. The number of anilines is 1. The summed E-state index contributed by atoms with van der Waals surface area (Å²) in [5.74, 6) is 0. The zero-order chi connectivity index (χ0) is 7.68. The lowest BCUT2D eigenvalue weighted by Gasteiger charge is -2.36. The monoisotopic (exact) mass is 152 g/mol. The number of alkyl halides is 1. The van der Waals surface area contributed by atoms with Crippen molar-refractivity contribution in [2.24, 2.45) is 0 Å². The van der Waals surface area contributed by atoms with E-state index in [0.717, 1.165) is 5.69 Å². The van der Waals surface area contributed by atoms with Crippen LogP contribution >= 0.6 is 0 Å². The van der Waals surface area contributed by atoms with Gasteiger partial charge >= 0.3 is 0 Å². The third kappa shape index (κ3) is 1.18. The number of hydrogen-bond donors (Lipinski definition) is 0. The summed E-state index contributed by atoms with van der Waals surface area (Å²) in [6, 6.07) is 3.79. The lowest BCUT2D eigenvalue weighted by Crippen LogP contribution is -2.48. The van der Waals surface area contributed by atoms with E-state index in [1.54, 1.807) is 12.4 Å². The molecule has 0 amide bonds. The van der Waals surface area contributed by atoms with Gasteiger partial charge in [0.2, 0.25) is 0 Å². The molecule has 0 radical (unpaired) electrons. The quantitative estimate of drug-likeness (QED) is 0.601. The van der Waals surface area contributed by atoms with E-state index in [9.17, 15) is 4.39 Å². The predicted octanol–water partition coefficient (Wildman–Crippen LogP) is 1.24. The summed E-state index contributed by atoms with van der Waals surface area (Å²) in [4.78, 5) is 5.88. The van der Waals surface area contributed by atoms with Gasteiger partial charge in [-0.25, -0.2) is 4.39 Å². The number of halogens is 1. The minimum Gasteiger partial charge on any atom is -0.365 e. The first kappa shape index (κ1) is 6.58. The van der Waals surface area contributed by atoms with E-state index in [1.807, 2.05) is 17.0 Å². The van der Waals surface area contributed by atoms with Crippen LogP contribution in [0.2, 0.25) is 0 Å². The molecule has 0 saturated carbocycles. The fourth-order valence-electron chi connectivity index (χ4n) is 1.19. The molecule has 0 unspecified atom stereocenters. The molecule has 1 aliphatic heterocycles. The summed E-state index contributed by atoms with van der Waals surface area (Å²) in [7, 11) is 0. The molecule has 1 aromatic heterocycles. The number of nitrogens with zero attached hydrogens (tertiary/aromatic N) is 2. The molecule has 3 heteroatoms. The average molecular weight is 152 g/mol. The first-order chi connectivity index (χ1) is 5.36. The summed E-state index contributed by atoms with van der Waals surface area (Å²) >= 11 is 0. The predicted molar refractivity (Wildman–Crippen MR) is 41.3 cm³/mol. The Morgan fingerprint density at radius 2 is 2.00 bits per heavy atom. The van der Waals surface area contributed by atoms with E-state index in [0.29, 0.717) is 13.1 Å². The van der Waals surface area contributed by atoms with Gasteiger partial charge < -0.3 is 4.90 Å². The van der Waals surface area contributed by atoms with Gasteiger partial charge in [0.05, 0.1) is 13.1 Å². The van der Waals surface area contributed by atoms with Crippen LogP contribution in [0, 0.1) is 0 Å². The second-order valence-electron chi connectivity index (χ2n) is 2.71. The molecule has 2 heterocycles. The molecular weight excluding hydrogens is 143 g/mol. The van der Waals surface area contributed by atoms with Gasteiger partial charge in [-0.1, -0.05) is 0 Å². The largest absolute Gasteiger partial charge is 0.365 e. The Hall–Kier alpha value is -1.12. The van der Waals surface area contributed by atoms with E-state index in [4.69, 9.17) is 0 Å². The van der Waals surface area contributed by atoms with E-state index in [2.05, 4.69) is 4.98 Å².